The summed E-state index contributed by atoms with van der Waals surface area (Å²) in [6, 6.07) is 9.62. The van der Waals surface area contributed by atoms with E-state index in [2.05, 4.69) is 30.4 Å². The van der Waals surface area contributed by atoms with E-state index in [0.717, 1.165) is 48.1 Å². The molecule has 144 valence electrons. The van der Waals surface area contributed by atoms with Gasteiger partial charge in [-0.05, 0) is 25.8 Å². The summed E-state index contributed by atoms with van der Waals surface area (Å²) in [5, 5.41) is 5.05. The van der Waals surface area contributed by atoms with E-state index in [-0.39, 0.29) is 12.5 Å². The molecule has 1 aliphatic rings. The molecule has 3 heterocycles. The average Bonchev–Trinajstić information content (AvgIpc) is 3.36. The highest BCUT2D eigenvalue weighted by Gasteiger charge is 2.16. The third-order valence-corrected chi connectivity index (χ3v) is 4.57. The van der Waals surface area contributed by atoms with Gasteiger partial charge in [-0.1, -0.05) is 18.2 Å². The zero-order valence-corrected chi connectivity index (χ0v) is 15.7. The number of hydrazone groups is 1. The van der Waals surface area contributed by atoms with Crippen LogP contribution in [0.2, 0.25) is 0 Å². The van der Waals surface area contributed by atoms with Gasteiger partial charge in [0.15, 0.2) is 6.61 Å². The van der Waals surface area contributed by atoms with E-state index >= 15 is 0 Å². The first-order valence-electron chi connectivity index (χ1n) is 9.30. The lowest BCUT2D eigenvalue weighted by Crippen LogP contribution is -2.25. The summed E-state index contributed by atoms with van der Waals surface area (Å²) in [6.07, 6.45) is 5.74. The smallest absolute Gasteiger partial charge is 0.278 e. The number of H-pyrrole nitrogens is 1. The Bertz CT molecular complexity index is 1010. The minimum absolute atomic E-state index is 0.166. The Hall–Kier alpha value is -3.42. The second-order valence-electron chi connectivity index (χ2n) is 6.71. The Balaban J connectivity index is 1.33. The molecular weight excluding hydrogens is 356 g/mol. The summed E-state index contributed by atoms with van der Waals surface area (Å²) in [5.74, 6) is 0.700. The van der Waals surface area contributed by atoms with Crippen LogP contribution in [0.3, 0.4) is 0 Å². The van der Waals surface area contributed by atoms with Crippen molar-refractivity contribution < 1.29 is 9.53 Å². The fraction of sp³-hybridized carbons (Fsp3) is 0.300. The Morgan fingerprint density at radius 3 is 3.00 bits per heavy atom. The normalized spacial score (nSPS) is 14.1. The first kappa shape index (κ1) is 18.0. The standard InChI is InChI=1S/C20H22N6O2/c1-14-10-19(24-20(23-14)26-8-4-5-9-26)28-13-18(27)25-22-12-15-11-21-17-7-3-2-6-16(15)17/h2-3,6-7,10-12,21H,4-5,8-9,13H2,1H3,(H,25,27)/b22-12+. The largest absolute Gasteiger partial charge is 0.467 e. The Kier molecular flexibility index (Phi) is 5.18. The topological polar surface area (TPSA) is 95.5 Å². The number of benzene rings is 1. The van der Waals surface area contributed by atoms with Crippen molar-refractivity contribution in [1.82, 2.24) is 20.4 Å². The highest BCUT2D eigenvalue weighted by molar-refractivity contribution is 5.99. The maximum absolute atomic E-state index is 12.0. The minimum atomic E-state index is -0.352. The number of rotatable bonds is 6. The predicted molar refractivity (Wildman–Crippen MR) is 108 cm³/mol. The van der Waals surface area contributed by atoms with Crippen molar-refractivity contribution in [1.29, 1.82) is 0 Å². The minimum Gasteiger partial charge on any atom is -0.467 e. The third kappa shape index (κ3) is 4.11. The van der Waals surface area contributed by atoms with Gasteiger partial charge in [0.05, 0.1) is 6.21 Å². The van der Waals surface area contributed by atoms with Crippen molar-refractivity contribution in [2.75, 3.05) is 24.6 Å². The molecule has 0 bridgehead atoms. The molecular formula is C20H22N6O2. The summed E-state index contributed by atoms with van der Waals surface area (Å²) in [6.45, 7) is 3.62. The second-order valence-corrected chi connectivity index (χ2v) is 6.71. The number of ether oxygens (including phenoxy) is 1. The van der Waals surface area contributed by atoms with Gasteiger partial charge in [0, 0.05) is 47.5 Å². The molecule has 28 heavy (non-hydrogen) atoms. The molecule has 0 radical (unpaired) electrons. The summed E-state index contributed by atoms with van der Waals surface area (Å²) >= 11 is 0. The second kappa shape index (κ2) is 8.08. The fourth-order valence-corrected chi connectivity index (χ4v) is 3.20. The van der Waals surface area contributed by atoms with Crippen LogP contribution in [0, 0.1) is 6.92 Å². The van der Waals surface area contributed by atoms with Crippen LogP contribution in [-0.4, -0.2) is 46.8 Å². The Morgan fingerprint density at radius 1 is 1.32 bits per heavy atom. The van der Waals surface area contributed by atoms with Gasteiger partial charge in [-0.15, -0.1) is 0 Å². The van der Waals surface area contributed by atoms with Crippen molar-refractivity contribution in [3.05, 3.63) is 47.8 Å². The number of carbonyl (C=O) groups excluding carboxylic acids is 1. The number of amides is 1. The van der Waals surface area contributed by atoms with E-state index in [1.54, 1.807) is 12.3 Å². The number of nitrogens with zero attached hydrogens (tertiary/aromatic N) is 4. The van der Waals surface area contributed by atoms with Gasteiger partial charge in [0.25, 0.3) is 5.91 Å². The summed E-state index contributed by atoms with van der Waals surface area (Å²) in [4.78, 5) is 26.2. The molecule has 2 aromatic heterocycles. The van der Waals surface area contributed by atoms with Gasteiger partial charge in [0.2, 0.25) is 11.8 Å². The van der Waals surface area contributed by atoms with E-state index in [9.17, 15) is 4.79 Å². The number of aryl methyl sites for hydroxylation is 1. The number of carbonyl (C=O) groups is 1. The lowest BCUT2D eigenvalue weighted by atomic mass is 10.2. The molecule has 1 fully saturated rings. The number of para-hydroxylation sites is 1. The molecule has 3 aromatic rings. The zero-order chi connectivity index (χ0) is 19.3. The van der Waals surface area contributed by atoms with Gasteiger partial charge >= 0.3 is 0 Å². The number of aromatic amines is 1. The molecule has 1 aromatic carbocycles. The van der Waals surface area contributed by atoms with Crippen LogP contribution in [0.25, 0.3) is 10.9 Å². The Morgan fingerprint density at radius 2 is 2.14 bits per heavy atom. The number of aromatic nitrogens is 3. The first-order chi connectivity index (χ1) is 13.7. The zero-order valence-electron chi connectivity index (χ0n) is 15.7. The van der Waals surface area contributed by atoms with Crippen LogP contribution >= 0.6 is 0 Å². The fourth-order valence-electron chi connectivity index (χ4n) is 3.20. The summed E-state index contributed by atoms with van der Waals surface area (Å²) in [7, 11) is 0. The molecule has 1 saturated heterocycles. The van der Waals surface area contributed by atoms with Gasteiger partial charge in [-0.25, -0.2) is 10.4 Å². The average molecular weight is 378 g/mol. The lowest BCUT2D eigenvalue weighted by Gasteiger charge is -2.16. The quantitative estimate of drug-likeness (QED) is 0.507. The maximum atomic E-state index is 12.0. The van der Waals surface area contributed by atoms with E-state index < -0.39 is 0 Å². The Labute approximate surface area is 162 Å². The van der Waals surface area contributed by atoms with E-state index in [1.807, 2.05) is 37.4 Å². The van der Waals surface area contributed by atoms with Crippen molar-refractivity contribution in [2.24, 2.45) is 5.10 Å². The third-order valence-electron chi connectivity index (χ3n) is 4.57. The molecule has 0 aliphatic carbocycles. The molecule has 0 saturated carbocycles. The molecule has 0 unspecified atom stereocenters. The molecule has 8 heteroatoms. The van der Waals surface area contributed by atoms with Crippen molar-refractivity contribution in [2.45, 2.75) is 19.8 Å². The highest BCUT2D eigenvalue weighted by atomic mass is 16.5. The molecule has 2 N–H and O–H groups in total. The number of fused-ring (bicyclic) bond motifs is 1. The lowest BCUT2D eigenvalue weighted by molar-refractivity contribution is -0.123. The van der Waals surface area contributed by atoms with Crippen LogP contribution in [0.4, 0.5) is 5.95 Å². The van der Waals surface area contributed by atoms with E-state index in [4.69, 9.17) is 4.74 Å². The monoisotopic (exact) mass is 378 g/mol. The molecule has 1 aliphatic heterocycles. The summed E-state index contributed by atoms with van der Waals surface area (Å²) in [5.41, 5.74) is 5.21. The van der Waals surface area contributed by atoms with Crippen LogP contribution < -0.4 is 15.1 Å². The molecule has 1 amide bonds. The summed E-state index contributed by atoms with van der Waals surface area (Å²) < 4.78 is 5.54. The van der Waals surface area contributed by atoms with Crippen molar-refractivity contribution in [3.8, 4) is 5.88 Å². The first-order valence-corrected chi connectivity index (χ1v) is 9.30. The van der Waals surface area contributed by atoms with Crippen molar-refractivity contribution >= 4 is 29.0 Å². The van der Waals surface area contributed by atoms with E-state index in [1.165, 1.54) is 0 Å². The van der Waals surface area contributed by atoms with Crippen LogP contribution in [0.15, 0.2) is 41.6 Å². The SMILES string of the molecule is Cc1cc(OCC(=O)N/N=C/c2c[nH]c3ccccc23)nc(N2CCCC2)n1. The molecule has 8 nitrogen and oxygen atoms in total. The number of hydrogen-bond donors (Lipinski definition) is 2. The number of nitrogens with one attached hydrogen (secondary N) is 2. The van der Waals surface area contributed by atoms with Crippen molar-refractivity contribution in [3.63, 3.8) is 0 Å². The number of hydrogen-bond acceptors (Lipinski definition) is 6. The van der Waals surface area contributed by atoms with Crippen LogP contribution in [0.1, 0.15) is 24.1 Å². The van der Waals surface area contributed by atoms with Gasteiger partial charge < -0.3 is 14.6 Å². The predicted octanol–water partition coefficient (Wildman–Crippen LogP) is 2.40. The van der Waals surface area contributed by atoms with Gasteiger partial charge in [-0.3, -0.25) is 4.79 Å². The van der Waals surface area contributed by atoms with Gasteiger partial charge in [-0.2, -0.15) is 10.1 Å². The number of anilines is 1. The molecule has 0 atom stereocenters. The molecule has 4 rings (SSSR count). The maximum Gasteiger partial charge on any atom is 0.278 e. The highest BCUT2D eigenvalue weighted by Crippen LogP contribution is 2.19. The van der Waals surface area contributed by atoms with Gasteiger partial charge in [0.1, 0.15) is 0 Å². The molecule has 0 spiro atoms. The van der Waals surface area contributed by atoms with Crippen LogP contribution in [-0.2, 0) is 4.79 Å². The van der Waals surface area contributed by atoms with Crippen LogP contribution in [0.5, 0.6) is 5.88 Å². The van der Waals surface area contributed by atoms with E-state index in [0.29, 0.717) is 11.8 Å².